The van der Waals surface area contributed by atoms with Crippen molar-refractivity contribution in [3.63, 3.8) is 0 Å². The van der Waals surface area contributed by atoms with Crippen LogP contribution in [0.2, 0.25) is 0 Å². The van der Waals surface area contributed by atoms with Crippen molar-refractivity contribution < 1.29 is 19.4 Å². The van der Waals surface area contributed by atoms with Gasteiger partial charge < -0.3 is 19.4 Å². The van der Waals surface area contributed by atoms with Crippen LogP contribution in [0.4, 0.5) is 0 Å². The average molecular weight is 364 g/mol. The zero-order chi connectivity index (χ0) is 17.4. The van der Waals surface area contributed by atoms with Crippen LogP contribution in [0.1, 0.15) is 53.4 Å². The fourth-order valence-corrected chi connectivity index (χ4v) is 4.66. The molecule has 1 aliphatic heterocycles. The normalized spacial score (nSPS) is 30.7. The Hall–Kier alpha value is -0.490. The summed E-state index contributed by atoms with van der Waals surface area (Å²) in [6, 6.07) is 0. The van der Waals surface area contributed by atoms with Crippen LogP contribution in [-0.2, 0) is 14.2 Å². The minimum Gasteiger partial charge on any atom is -0.497 e. The first-order chi connectivity index (χ1) is 10.7. The molecule has 1 fully saturated rings. The number of hydrogen-bond acceptors (Lipinski definition) is 5. The summed E-state index contributed by atoms with van der Waals surface area (Å²) in [6.07, 6.45) is 3.70. The number of nitrogens with zero attached hydrogens (tertiary/aromatic N) is 1. The van der Waals surface area contributed by atoms with E-state index in [1.807, 2.05) is 0 Å². The summed E-state index contributed by atoms with van der Waals surface area (Å²) in [6.45, 7) is 8.47. The Balaban J connectivity index is 0.00000288. The zero-order valence-corrected chi connectivity index (χ0v) is 16.9. The van der Waals surface area contributed by atoms with Gasteiger partial charge in [-0.15, -0.1) is 12.4 Å². The van der Waals surface area contributed by atoms with Gasteiger partial charge in [0.15, 0.2) is 5.76 Å². The van der Waals surface area contributed by atoms with Crippen molar-refractivity contribution in [2.45, 2.75) is 70.6 Å². The van der Waals surface area contributed by atoms with Gasteiger partial charge in [-0.25, -0.2) is 0 Å². The predicted molar refractivity (Wildman–Crippen MR) is 96.3 cm³/mol. The summed E-state index contributed by atoms with van der Waals surface area (Å²) in [5.74, 6) is 2.72. The molecule has 2 rings (SSSR count). The Morgan fingerprint density at radius 3 is 1.92 bits per heavy atom. The topological polar surface area (TPSA) is 51.2 Å². The molecule has 0 saturated carbocycles. The standard InChI is InChI=1S/C18H33NO4.ClH/c1-17(2)10-13(11-18(3,4)19(17)20)12-8-14(21-5)16(23-7)15(9-12)22-6;/h12-14,20H,8-11H2,1-7H3;1H. The van der Waals surface area contributed by atoms with Crippen LogP contribution in [0.3, 0.4) is 0 Å². The van der Waals surface area contributed by atoms with Crippen LogP contribution in [0.15, 0.2) is 11.5 Å². The van der Waals surface area contributed by atoms with Gasteiger partial charge in [-0.1, -0.05) is 0 Å². The highest BCUT2D eigenvalue weighted by molar-refractivity contribution is 5.85. The van der Waals surface area contributed by atoms with E-state index in [1.54, 1.807) is 26.4 Å². The third-order valence-corrected chi connectivity index (χ3v) is 5.62. The third kappa shape index (κ3) is 4.01. The van der Waals surface area contributed by atoms with Crippen molar-refractivity contribution in [3.05, 3.63) is 11.5 Å². The molecule has 2 atom stereocenters. The van der Waals surface area contributed by atoms with Crippen LogP contribution in [0.5, 0.6) is 0 Å². The molecule has 0 radical (unpaired) electrons. The Kier molecular flexibility index (Phi) is 7.02. The van der Waals surface area contributed by atoms with E-state index in [4.69, 9.17) is 14.2 Å². The first kappa shape index (κ1) is 21.6. The van der Waals surface area contributed by atoms with Crippen molar-refractivity contribution >= 4 is 12.4 Å². The van der Waals surface area contributed by atoms with Gasteiger partial charge >= 0.3 is 0 Å². The Morgan fingerprint density at radius 2 is 1.50 bits per heavy atom. The van der Waals surface area contributed by atoms with E-state index in [9.17, 15) is 5.21 Å². The van der Waals surface area contributed by atoms with Gasteiger partial charge in [-0.05, 0) is 58.8 Å². The largest absolute Gasteiger partial charge is 0.497 e. The average Bonchev–Trinajstić information content (AvgIpc) is 2.50. The zero-order valence-electron chi connectivity index (χ0n) is 16.1. The van der Waals surface area contributed by atoms with Crippen LogP contribution < -0.4 is 0 Å². The summed E-state index contributed by atoms with van der Waals surface area (Å²) >= 11 is 0. The number of piperidine rings is 1. The van der Waals surface area contributed by atoms with E-state index in [2.05, 4.69) is 27.7 Å². The summed E-state index contributed by atoms with van der Waals surface area (Å²) in [5.41, 5.74) is -0.457. The lowest BCUT2D eigenvalue weighted by Crippen LogP contribution is -2.60. The van der Waals surface area contributed by atoms with Crippen molar-refractivity contribution in [1.29, 1.82) is 0 Å². The molecular weight excluding hydrogens is 330 g/mol. The highest BCUT2D eigenvalue weighted by atomic mass is 35.5. The molecule has 0 aromatic carbocycles. The molecule has 0 bridgehead atoms. The predicted octanol–water partition coefficient (Wildman–Crippen LogP) is 4.00. The smallest absolute Gasteiger partial charge is 0.162 e. The molecule has 0 spiro atoms. The molecule has 0 aromatic rings. The molecule has 0 aromatic heterocycles. The van der Waals surface area contributed by atoms with E-state index < -0.39 is 0 Å². The van der Waals surface area contributed by atoms with Crippen molar-refractivity contribution in [1.82, 2.24) is 5.06 Å². The molecule has 0 amide bonds. The van der Waals surface area contributed by atoms with Gasteiger partial charge in [0.25, 0.3) is 0 Å². The lowest BCUT2D eigenvalue weighted by Gasteiger charge is -2.53. The molecule has 2 unspecified atom stereocenters. The number of rotatable bonds is 4. The molecule has 24 heavy (non-hydrogen) atoms. The second-order valence-corrected chi connectivity index (χ2v) is 8.22. The van der Waals surface area contributed by atoms with Crippen LogP contribution in [-0.4, -0.2) is 48.8 Å². The molecule has 1 aliphatic carbocycles. The molecule has 1 heterocycles. The maximum Gasteiger partial charge on any atom is 0.162 e. The van der Waals surface area contributed by atoms with E-state index in [0.29, 0.717) is 11.8 Å². The molecule has 1 saturated heterocycles. The monoisotopic (exact) mass is 363 g/mol. The number of ether oxygens (including phenoxy) is 3. The maximum absolute atomic E-state index is 10.5. The Bertz CT molecular complexity index is 446. The number of allylic oxidation sites excluding steroid dienone is 1. The molecular formula is C18H34ClNO4. The number of methoxy groups -OCH3 is 3. The molecule has 142 valence electrons. The first-order valence-corrected chi connectivity index (χ1v) is 8.49. The molecule has 2 aliphatic rings. The van der Waals surface area contributed by atoms with Gasteiger partial charge in [0.05, 0.1) is 14.2 Å². The Morgan fingerprint density at radius 1 is 0.958 bits per heavy atom. The summed E-state index contributed by atoms with van der Waals surface area (Å²) < 4.78 is 16.8. The van der Waals surface area contributed by atoms with E-state index >= 15 is 0 Å². The van der Waals surface area contributed by atoms with Crippen molar-refractivity contribution in [2.75, 3.05) is 21.3 Å². The van der Waals surface area contributed by atoms with Crippen LogP contribution in [0, 0.1) is 11.8 Å². The second kappa shape index (κ2) is 7.81. The number of hydroxylamine groups is 2. The minimum absolute atomic E-state index is 0. The van der Waals surface area contributed by atoms with Crippen molar-refractivity contribution in [2.24, 2.45) is 11.8 Å². The Labute approximate surface area is 152 Å². The van der Waals surface area contributed by atoms with Crippen LogP contribution >= 0.6 is 12.4 Å². The van der Waals surface area contributed by atoms with E-state index in [0.717, 1.165) is 37.2 Å². The van der Waals surface area contributed by atoms with Gasteiger partial charge in [-0.3, -0.25) is 0 Å². The minimum atomic E-state index is -0.229. The number of hydrogen-bond donors (Lipinski definition) is 1. The van der Waals surface area contributed by atoms with E-state index in [-0.39, 0.29) is 29.6 Å². The molecule has 1 N–H and O–H groups in total. The molecule has 6 heteroatoms. The van der Waals surface area contributed by atoms with Gasteiger partial charge in [0.1, 0.15) is 11.9 Å². The maximum atomic E-state index is 10.5. The third-order valence-electron chi connectivity index (χ3n) is 5.62. The van der Waals surface area contributed by atoms with Gasteiger partial charge in [-0.2, -0.15) is 5.06 Å². The lowest BCUT2D eigenvalue weighted by molar-refractivity contribution is -0.255. The summed E-state index contributed by atoms with van der Waals surface area (Å²) in [7, 11) is 5.11. The van der Waals surface area contributed by atoms with Gasteiger partial charge in [0, 0.05) is 24.6 Å². The SMILES string of the molecule is COC1=C(OC)C(OC)CC(C2CC(C)(C)N(O)C(C)(C)C2)C1.Cl. The quantitative estimate of drug-likeness (QED) is 0.818. The first-order valence-electron chi connectivity index (χ1n) is 8.49. The van der Waals surface area contributed by atoms with E-state index in [1.165, 1.54) is 0 Å². The lowest BCUT2D eigenvalue weighted by atomic mass is 9.67. The van der Waals surface area contributed by atoms with Crippen LogP contribution in [0.25, 0.3) is 0 Å². The molecule has 5 nitrogen and oxygen atoms in total. The highest BCUT2D eigenvalue weighted by Gasteiger charge is 2.48. The number of halogens is 1. The summed E-state index contributed by atoms with van der Waals surface area (Å²) in [4.78, 5) is 0. The van der Waals surface area contributed by atoms with Gasteiger partial charge in [0.2, 0.25) is 0 Å². The highest BCUT2D eigenvalue weighted by Crippen LogP contribution is 2.47. The summed E-state index contributed by atoms with van der Waals surface area (Å²) in [5, 5.41) is 12.1. The fourth-order valence-electron chi connectivity index (χ4n) is 4.66. The fraction of sp³-hybridized carbons (Fsp3) is 0.889. The van der Waals surface area contributed by atoms with Crippen molar-refractivity contribution in [3.8, 4) is 0 Å². The second-order valence-electron chi connectivity index (χ2n) is 8.22.